The van der Waals surface area contributed by atoms with Gasteiger partial charge in [0.05, 0.1) is 24.6 Å². The second-order valence-electron chi connectivity index (χ2n) is 6.50. The van der Waals surface area contributed by atoms with Crippen LogP contribution in [-0.2, 0) is 9.53 Å². The van der Waals surface area contributed by atoms with Crippen molar-refractivity contribution in [3.05, 3.63) is 54.0 Å². The van der Waals surface area contributed by atoms with Gasteiger partial charge >= 0.3 is 0 Å². The second kappa shape index (κ2) is 7.77. The van der Waals surface area contributed by atoms with Gasteiger partial charge in [-0.2, -0.15) is 0 Å². The number of hydrogen-bond donors (Lipinski definition) is 1. The van der Waals surface area contributed by atoms with Crippen molar-refractivity contribution in [2.24, 2.45) is 0 Å². The van der Waals surface area contributed by atoms with E-state index in [9.17, 15) is 4.79 Å². The van der Waals surface area contributed by atoms with Crippen LogP contribution in [0.3, 0.4) is 0 Å². The first-order chi connectivity index (χ1) is 13.2. The molecule has 0 atom stereocenters. The van der Waals surface area contributed by atoms with E-state index in [1.165, 1.54) is 0 Å². The van der Waals surface area contributed by atoms with Crippen molar-refractivity contribution in [2.45, 2.75) is 0 Å². The van der Waals surface area contributed by atoms with E-state index in [0.29, 0.717) is 23.7 Å². The Kier molecular flexibility index (Phi) is 5.04. The van der Waals surface area contributed by atoms with E-state index >= 15 is 0 Å². The topological polar surface area (TPSA) is 80.9 Å². The molecule has 2 aromatic rings. The van der Waals surface area contributed by atoms with Gasteiger partial charge in [0.25, 0.3) is 5.91 Å². The first-order valence-corrected chi connectivity index (χ1v) is 9.03. The summed E-state index contributed by atoms with van der Waals surface area (Å²) >= 11 is 0. The van der Waals surface area contributed by atoms with Crippen molar-refractivity contribution in [3.8, 4) is 5.75 Å². The molecule has 2 aliphatic heterocycles. The average Bonchev–Trinajstić information content (AvgIpc) is 2.70. The van der Waals surface area contributed by atoms with Crippen LogP contribution in [0.15, 0.2) is 48.4 Å². The first kappa shape index (κ1) is 17.5. The lowest BCUT2D eigenvalue weighted by Gasteiger charge is -2.33. The molecule has 2 N–H and O–H groups in total. The zero-order chi connectivity index (χ0) is 18.6. The third kappa shape index (κ3) is 3.94. The van der Waals surface area contributed by atoms with Crippen molar-refractivity contribution in [3.63, 3.8) is 0 Å². The van der Waals surface area contributed by atoms with Gasteiger partial charge < -0.3 is 20.1 Å². The van der Waals surface area contributed by atoms with E-state index in [4.69, 9.17) is 15.2 Å². The number of nitrogens with two attached hydrogens (primary N) is 1. The van der Waals surface area contributed by atoms with Gasteiger partial charge in [0.15, 0.2) is 11.5 Å². The summed E-state index contributed by atoms with van der Waals surface area (Å²) in [6.45, 7) is 4.56. The number of benzene rings is 1. The Labute approximate surface area is 158 Å². The number of nitrogen functional groups attached to an aromatic ring is 1. The van der Waals surface area contributed by atoms with E-state index in [1.807, 2.05) is 24.3 Å². The molecule has 2 aliphatic rings. The summed E-state index contributed by atoms with van der Waals surface area (Å²) in [6.07, 6.45) is 3.35. The monoisotopic (exact) mass is 366 g/mol. The number of carbonyl (C=O) groups excluding carboxylic acids is 1. The highest BCUT2D eigenvalue weighted by Crippen LogP contribution is 2.37. The molecule has 0 spiro atoms. The average molecular weight is 366 g/mol. The van der Waals surface area contributed by atoms with Crippen LogP contribution < -0.4 is 15.4 Å². The zero-order valence-corrected chi connectivity index (χ0v) is 15.0. The molecule has 0 saturated carbocycles. The number of amides is 1. The largest absolute Gasteiger partial charge is 0.449 e. The van der Waals surface area contributed by atoms with Crippen LogP contribution in [0.2, 0.25) is 0 Å². The van der Waals surface area contributed by atoms with Crippen LogP contribution in [0.25, 0.3) is 6.08 Å². The summed E-state index contributed by atoms with van der Waals surface area (Å²) in [5.74, 6) is 0.652. The van der Waals surface area contributed by atoms with E-state index in [-0.39, 0.29) is 11.7 Å². The van der Waals surface area contributed by atoms with Gasteiger partial charge in [-0.05, 0) is 24.3 Å². The molecule has 0 radical (unpaired) electrons. The number of anilines is 2. The Balaban J connectivity index is 1.61. The predicted octanol–water partition coefficient (Wildman–Crippen LogP) is 1.76. The van der Waals surface area contributed by atoms with Crippen molar-refractivity contribution in [2.75, 3.05) is 50.0 Å². The Hall–Kier alpha value is -2.90. The molecule has 140 valence electrons. The normalized spacial score (nSPS) is 19.0. The molecule has 1 aromatic carbocycles. The van der Waals surface area contributed by atoms with E-state index in [1.54, 1.807) is 29.3 Å². The number of ether oxygens (including phenoxy) is 2. The summed E-state index contributed by atoms with van der Waals surface area (Å²) in [5, 5.41) is 0. The zero-order valence-electron chi connectivity index (χ0n) is 15.0. The third-order valence-corrected chi connectivity index (χ3v) is 4.66. The van der Waals surface area contributed by atoms with Crippen LogP contribution in [0.4, 0.5) is 11.4 Å². The minimum Gasteiger partial charge on any atom is -0.449 e. The summed E-state index contributed by atoms with van der Waals surface area (Å²) < 4.78 is 11.3. The Bertz CT molecular complexity index is 848. The second-order valence-corrected chi connectivity index (χ2v) is 6.50. The van der Waals surface area contributed by atoms with Crippen LogP contribution in [-0.4, -0.2) is 55.2 Å². The van der Waals surface area contributed by atoms with Gasteiger partial charge in [-0.3, -0.25) is 14.7 Å². The van der Waals surface area contributed by atoms with Gasteiger partial charge in [-0.25, -0.2) is 0 Å². The Morgan fingerprint density at radius 2 is 2.00 bits per heavy atom. The lowest BCUT2D eigenvalue weighted by Crippen LogP contribution is -2.45. The van der Waals surface area contributed by atoms with E-state index < -0.39 is 0 Å². The molecule has 4 rings (SSSR count). The quantitative estimate of drug-likeness (QED) is 0.656. The van der Waals surface area contributed by atoms with Crippen molar-refractivity contribution >= 4 is 23.4 Å². The van der Waals surface area contributed by atoms with Crippen LogP contribution in [0.1, 0.15) is 5.69 Å². The Morgan fingerprint density at radius 1 is 1.15 bits per heavy atom. The first-order valence-electron chi connectivity index (χ1n) is 9.03. The molecule has 1 fully saturated rings. The van der Waals surface area contributed by atoms with E-state index in [0.717, 1.165) is 38.5 Å². The molecule has 1 saturated heterocycles. The molecular formula is C20H22N4O3. The van der Waals surface area contributed by atoms with Gasteiger partial charge in [0, 0.05) is 50.2 Å². The number of hydrogen-bond acceptors (Lipinski definition) is 6. The molecule has 1 aromatic heterocycles. The number of morpholine rings is 1. The van der Waals surface area contributed by atoms with Crippen LogP contribution in [0.5, 0.6) is 5.75 Å². The SMILES string of the molecule is Nc1ccc2c(c1)O/C(=C/c1ccccn1)C(=O)N2CCN1CCOCC1. The highest BCUT2D eigenvalue weighted by atomic mass is 16.5. The molecule has 3 heterocycles. The molecule has 7 heteroatoms. The maximum Gasteiger partial charge on any atom is 0.294 e. The molecule has 0 bridgehead atoms. The minimum absolute atomic E-state index is 0.175. The lowest BCUT2D eigenvalue weighted by atomic mass is 10.1. The maximum absolute atomic E-state index is 13.1. The highest BCUT2D eigenvalue weighted by Gasteiger charge is 2.31. The van der Waals surface area contributed by atoms with Crippen molar-refractivity contribution in [1.82, 2.24) is 9.88 Å². The van der Waals surface area contributed by atoms with Gasteiger partial charge in [-0.15, -0.1) is 0 Å². The molecule has 0 aliphatic carbocycles. The van der Waals surface area contributed by atoms with Gasteiger partial charge in [-0.1, -0.05) is 6.07 Å². The fourth-order valence-electron chi connectivity index (χ4n) is 3.22. The fraction of sp³-hybridized carbons (Fsp3) is 0.300. The van der Waals surface area contributed by atoms with Crippen molar-refractivity contribution < 1.29 is 14.3 Å². The van der Waals surface area contributed by atoms with Gasteiger partial charge in [0.1, 0.15) is 0 Å². The third-order valence-electron chi connectivity index (χ3n) is 4.66. The predicted molar refractivity (Wildman–Crippen MR) is 103 cm³/mol. The van der Waals surface area contributed by atoms with E-state index in [2.05, 4.69) is 9.88 Å². The smallest absolute Gasteiger partial charge is 0.294 e. The minimum atomic E-state index is -0.175. The van der Waals surface area contributed by atoms with Crippen LogP contribution in [0, 0.1) is 0 Å². The summed E-state index contributed by atoms with van der Waals surface area (Å²) in [5.41, 5.74) is 7.91. The number of rotatable bonds is 4. The van der Waals surface area contributed by atoms with Gasteiger partial charge in [0.2, 0.25) is 0 Å². The fourth-order valence-corrected chi connectivity index (χ4v) is 3.22. The molecule has 7 nitrogen and oxygen atoms in total. The number of nitrogens with zero attached hydrogens (tertiary/aromatic N) is 3. The standard InChI is InChI=1S/C20H22N4O3/c21-15-4-5-17-18(13-15)27-19(14-16-3-1-2-6-22-16)20(25)24(17)8-7-23-9-11-26-12-10-23/h1-6,13-14H,7-12,21H2/b19-14+. The number of carbonyl (C=O) groups is 1. The maximum atomic E-state index is 13.1. The number of fused-ring (bicyclic) bond motifs is 1. The molecule has 0 unspecified atom stereocenters. The number of pyridine rings is 1. The summed E-state index contributed by atoms with van der Waals surface area (Å²) in [6, 6.07) is 10.9. The van der Waals surface area contributed by atoms with Crippen LogP contribution >= 0.6 is 0 Å². The molecule has 27 heavy (non-hydrogen) atoms. The molecule has 1 amide bonds. The van der Waals surface area contributed by atoms with Crippen molar-refractivity contribution in [1.29, 1.82) is 0 Å². The highest BCUT2D eigenvalue weighted by molar-refractivity contribution is 6.09. The summed E-state index contributed by atoms with van der Waals surface area (Å²) in [4.78, 5) is 21.4. The number of aromatic nitrogens is 1. The Morgan fingerprint density at radius 3 is 2.78 bits per heavy atom. The summed E-state index contributed by atoms with van der Waals surface area (Å²) in [7, 11) is 0. The molecular weight excluding hydrogens is 344 g/mol. The lowest BCUT2D eigenvalue weighted by molar-refractivity contribution is -0.117.